The Balaban J connectivity index is 1.72. The van der Waals surface area contributed by atoms with Crippen LogP contribution in [0.25, 0.3) is 0 Å². The van der Waals surface area contributed by atoms with E-state index in [0.717, 1.165) is 11.1 Å². The fraction of sp³-hybridized carbons (Fsp3) is 0.300. The Morgan fingerprint density at radius 3 is 2.56 bits per heavy atom. The lowest BCUT2D eigenvalue weighted by atomic mass is 9.94. The van der Waals surface area contributed by atoms with Gasteiger partial charge in [-0.3, -0.25) is 4.90 Å². The van der Waals surface area contributed by atoms with Crippen LogP contribution in [0.5, 0.6) is 0 Å². The van der Waals surface area contributed by atoms with E-state index in [0.29, 0.717) is 18.4 Å². The van der Waals surface area contributed by atoms with Crippen LogP contribution >= 0.6 is 0 Å². The third kappa shape index (κ3) is 4.17. The van der Waals surface area contributed by atoms with Gasteiger partial charge in [0.2, 0.25) is 0 Å². The Labute approximate surface area is 147 Å². The Morgan fingerprint density at radius 1 is 1.16 bits per heavy atom. The molecule has 0 bridgehead atoms. The molecule has 128 valence electrons. The number of piperidine rings is 1. The fourth-order valence-electron chi connectivity index (χ4n) is 3.08. The van der Waals surface area contributed by atoms with Gasteiger partial charge in [-0.05, 0) is 36.1 Å². The van der Waals surface area contributed by atoms with Gasteiger partial charge in [0.1, 0.15) is 6.61 Å². The van der Waals surface area contributed by atoms with E-state index in [1.54, 1.807) is 17.0 Å². The number of aliphatic hydroxyl groups excluding tert-OH is 1. The van der Waals surface area contributed by atoms with Gasteiger partial charge < -0.3 is 9.84 Å². The van der Waals surface area contributed by atoms with Crippen molar-refractivity contribution in [2.75, 3.05) is 6.54 Å². The molecule has 1 amide bonds. The number of benzene rings is 2. The fourth-order valence-corrected chi connectivity index (χ4v) is 3.08. The van der Waals surface area contributed by atoms with Crippen molar-refractivity contribution in [3.05, 3.63) is 71.3 Å². The number of aliphatic hydroxyl groups is 1. The van der Waals surface area contributed by atoms with E-state index in [4.69, 9.17) is 10.00 Å². The van der Waals surface area contributed by atoms with E-state index in [1.165, 1.54) is 0 Å². The van der Waals surface area contributed by atoms with E-state index in [2.05, 4.69) is 6.07 Å². The molecule has 25 heavy (non-hydrogen) atoms. The molecule has 2 unspecified atom stereocenters. The van der Waals surface area contributed by atoms with Crippen LogP contribution in [-0.4, -0.2) is 28.7 Å². The zero-order valence-corrected chi connectivity index (χ0v) is 13.8. The largest absolute Gasteiger partial charge is 0.445 e. The summed E-state index contributed by atoms with van der Waals surface area (Å²) in [6.07, 6.45) is 0.316. The number of carbonyl (C=O) groups excluding carboxylic acids is 1. The summed E-state index contributed by atoms with van der Waals surface area (Å²) in [5.74, 6) is 0. The van der Waals surface area contributed by atoms with Crippen molar-refractivity contribution >= 4 is 6.09 Å². The number of rotatable bonds is 3. The third-order valence-electron chi connectivity index (χ3n) is 4.42. The normalized spacial score (nSPS) is 19.9. The van der Waals surface area contributed by atoms with Gasteiger partial charge in [-0.25, -0.2) is 4.79 Å². The molecule has 1 saturated heterocycles. The number of likely N-dealkylation sites (tertiary alicyclic amines) is 1. The lowest BCUT2D eigenvalue weighted by molar-refractivity contribution is 0.0199. The molecule has 5 heteroatoms. The van der Waals surface area contributed by atoms with Crippen molar-refractivity contribution in [3.8, 4) is 6.07 Å². The van der Waals surface area contributed by atoms with Gasteiger partial charge in [0, 0.05) is 0 Å². The summed E-state index contributed by atoms with van der Waals surface area (Å²) in [5, 5.41) is 18.9. The monoisotopic (exact) mass is 336 g/mol. The highest BCUT2D eigenvalue weighted by Gasteiger charge is 2.32. The number of nitriles is 1. The van der Waals surface area contributed by atoms with Crippen LogP contribution in [0.2, 0.25) is 0 Å². The maximum absolute atomic E-state index is 12.6. The van der Waals surface area contributed by atoms with E-state index >= 15 is 0 Å². The van der Waals surface area contributed by atoms with E-state index in [-0.39, 0.29) is 19.2 Å². The van der Waals surface area contributed by atoms with Gasteiger partial charge in [0.05, 0.1) is 30.3 Å². The van der Waals surface area contributed by atoms with Crippen molar-refractivity contribution in [2.24, 2.45) is 0 Å². The molecule has 1 aliphatic rings. The van der Waals surface area contributed by atoms with Crippen LogP contribution in [-0.2, 0) is 11.3 Å². The van der Waals surface area contributed by atoms with Crippen molar-refractivity contribution < 1.29 is 14.6 Å². The van der Waals surface area contributed by atoms with Crippen molar-refractivity contribution in [2.45, 2.75) is 31.6 Å². The van der Waals surface area contributed by atoms with E-state index in [1.807, 2.05) is 42.5 Å². The second-order valence-electron chi connectivity index (χ2n) is 6.17. The topological polar surface area (TPSA) is 73.6 Å². The first-order valence-corrected chi connectivity index (χ1v) is 8.33. The first kappa shape index (κ1) is 17.0. The molecular formula is C20H20N2O3. The summed E-state index contributed by atoms with van der Waals surface area (Å²) in [6.45, 7) is 0.449. The number of hydrogen-bond donors (Lipinski definition) is 1. The first-order valence-electron chi connectivity index (χ1n) is 8.33. The first-order chi connectivity index (χ1) is 12.2. The molecule has 0 aliphatic carbocycles. The average molecular weight is 336 g/mol. The molecule has 2 atom stereocenters. The Morgan fingerprint density at radius 2 is 1.88 bits per heavy atom. The smallest absolute Gasteiger partial charge is 0.410 e. The predicted molar refractivity (Wildman–Crippen MR) is 92.5 cm³/mol. The van der Waals surface area contributed by atoms with Crippen LogP contribution in [0.1, 0.15) is 35.6 Å². The number of ether oxygens (including phenoxy) is 1. The van der Waals surface area contributed by atoms with Crippen LogP contribution < -0.4 is 0 Å². The molecule has 1 heterocycles. The minimum Gasteiger partial charge on any atom is -0.445 e. The highest BCUT2D eigenvalue weighted by Crippen LogP contribution is 2.31. The quantitative estimate of drug-likeness (QED) is 0.932. The zero-order chi connectivity index (χ0) is 17.6. The minimum absolute atomic E-state index is 0.153. The highest BCUT2D eigenvalue weighted by molar-refractivity contribution is 5.68. The molecule has 3 rings (SSSR count). The number of nitrogens with zero attached hydrogens (tertiary/aromatic N) is 2. The molecule has 0 aromatic heterocycles. The maximum atomic E-state index is 12.6. The van der Waals surface area contributed by atoms with Gasteiger partial charge in [0.15, 0.2) is 0 Å². The Bertz CT molecular complexity index is 753. The molecule has 1 N–H and O–H groups in total. The van der Waals surface area contributed by atoms with Crippen molar-refractivity contribution in [3.63, 3.8) is 0 Å². The Hall–Kier alpha value is -2.84. The van der Waals surface area contributed by atoms with Gasteiger partial charge in [-0.1, -0.05) is 42.5 Å². The van der Waals surface area contributed by atoms with E-state index in [9.17, 15) is 9.90 Å². The highest BCUT2D eigenvalue weighted by atomic mass is 16.6. The number of β-amino-alcohol motifs (C(OH)–C–C–N with tert-alkyl or cyclic N) is 1. The van der Waals surface area contributed by atoms with Gasteiger partial charge in [-0.2, -0.15) is 5.26 Å². The number of hydrogen-bond acceptors (Lipinski definition) is 4. The second kappa shape index (κ2) is 7.82. The van der Waals surface area contributed by atoms with Crippen LogP contribution in [0.3, 0.4) is 0 Å². The predicted octanol–water partition coefficient (Wildman–Crippen LogP) is 3.39. The summed E-state index contributed by atoms with van der Waals surface area (Å²) in [4.78, 5) is 14.1. The summed E-state index contributed by atoms with van der Waals surface area (Å²) in [6, 6.07) is 18.6. The number of amides is 1. The summed E-state index contributed by atoms with van der Waals surface area (Å²) in [5.41, 5.74) is 2.45. The third-order valence-corrected chi connectivity index (χ3v) is 4.42. The van der Waals surface area contributed by atoms with Crippen LogP contribution in [0, 0.1) is 11.3 Å². The SMILES string of the molecule is N#Cc1ccc(C2CCC(O)CN2C(=O)OCc2ccccc2)cc1. The lowest BCUT2D eigenvalue weighted by Crippen LogP contribution is -2.44. The lowest BCUT2D eigenvalue weighted by Gasteiger charge is -2.37. The van der Waals surface area contributed by atoms with E-state index < -0.39 is 12.2 Å². The van der Waals surface area contributed by atoms with Crippen LogP contribution in [0.4, 0.5) is 4.79 Å². The molecule has 2 aromatic rings. The number of carbonyl (C=O) groups is 1. The standard InChI is InChI=1S/C20H20N2O3/c21-12-15-6-8-17(9-7-15)19-11-10-18(23)13-22(19)20(24)25-14-16-4-2-1-3-5-16/h1-9,18-19,23H,10-11,13-14H2. The molecular weight excluding hydrogens is 316 g/mol. The molecule has 2 aromatic carbocycles. The summed E-state index contributed by atoms with van der Waals surface area (Å²) >= 11 is 0. The molecule has 0 radical (unpaired) electrons. The maximum Gasteiger partial charge on any atom is 0.410 e. The van der Waals surface area contributed by atoms with Gasteiger partial charge >= 0.3 is 6.09 Å². The van der Waals surface area contributed by atoms with Crippen LogP contribution in [0.15, 0.2) is 54.6 Å². The Kier molecular flexibility index (Phi) is 5.32. The summed E-state index contributed by atoms with van der Waals surface area (Å²) < 4.78 is 5.44. The van der Waals surface area contributed by atoms with Crippen molar-refractivity contribution in [1.29, 1.82) is 5.26 Å². The zero-order valence-electron chi connectivity index (χ0n) is 13.8. The second-order valence-corrected chi connectivity index (χ2v) is 6.17. The van der Waals surface area contributed by atoms with Crippen molar-refractivity contribution in [1.82, 2.24) is 4.90 Å². The summed E-state index contributed by atoms with van der Waals surface area (Å²) in [7, 11) is 0. The van der Waals surface area contributed by atoms with Gasteiger partial charge in [0.25, 0.3) is 0 Å². The molecule has 1 aliphatic heterocycles. The molecule has 0 saturated carbocycles. The minimum atomic E-state index is -0.543. The molecule has 0 spiro atoms. The van der Waals surface area contributed by atoms with Gasteiger partial charge in [-0.15, -0.1) is 0 Å². The average Bonchev–Trinajstić information content (AvgIpc) is 2.67. The molecule has 5 nitrogen and oxygen atoms in total. The molecule has 1 fully saturated rings.